The minimum absolute atomic E-state index is 0.101. The van der Waals surface area contributed by atoms with Gasteiger partial charge in [-0.15, -0.1) is 0 Å². The lowest BCUT2D eigenvalue weighted by Crippen LogP contribution is -2.51. The summed E-state index contributed by atoms with van der Waals surface area (Å²) < 4.78 is 21.1. The van der Waals surface area contributed by atoms with E-state index in [1.54, 1.807) is 4.57 Å². The van der Waals surface area contributed by atoms with Gasteiger partial charge in [-0.2, -0.15) is 0 Å². The summed E-state index contributed by atoms with van der Waals surface area (Å²) in [5, 5.41) is 0.992. The molecular formula is C38H42N2O5. The molecule has 0 amide bonds. The van der Waals surface area contributed by atoms with Crippen molar-refractivity contribution in [2.24, 2.45) is 11.8 Å². The van der Waals surface area contributed by atoms with Gasteiger partial charge in [0, 0.05) is 34.5 Å². The van der Waals surface area contributed by atoms with Gasteiger partial charge in [0.15, 0.2) is 0 Å². The van der Waals surface area contributed by atoms with Crippen LogP contribution in [-0.2, 0) is 37.6 Å². The summed E-state index contributed by atoms with van der Waals surface area (Å²) in [4.78, 5) is 31.5. The second kappa shape index (κ2) is 11.9. The number of hydrogen-bond donors (Lipinski definition) is 0. The van der Waals surface area contributed by atoms with E-state index in [0.717, 1.165) is 52.8 Å². The highest BCUT2D eigenvalue weighted by Gasteiger charge is 2.59. The highest BCUT2D eigenvalue weighted by Crippen LogP contribution is 2.56. The van der Waals surface area contributed by atoms with E-state index in [9.17, 15) is 9.59 Å². The number of rotatable bonds is 8. The molecule has 1 aliphatic carbocycles. The zero-order valence-electron chi connectivity index (χ0n) is 26.4. The quantitative estimate of drug-likeness (QED) is 0.214. The lowest BCUT2D eigenvalue weighted by molar-refractivity contribution is -0.132. The van der Waals surface area contributed by atoms with Crippen molar-refractivity contribution >= 4 is 22.8 Å². The van der Waals surface area contributed by atoms with Crippen molar-refractivity contribution in [1.29, 1.82) is 0 Å². The Morgan fingerprint density at radius 1 is 0.822 bits per heavy atom. The highest BCUT2D eigenvalue weighted by atomic mass is 16.6. The molecule has 234 valence electrons. The topological polar surface area (TPSA) is 70.0 Å². The lowest BCUT2D eigenvalue weighted by atomic mass is 9.69. The fourth-order valence-electron chi connectivity index (χ4n) is 7.98. The maximum Gasteiger partial charge on any atom is 0.419 e. The van der Waals surface area contributed by atoms with Gasteiger partial charge in [-0.1, -0.05) is 78.9 Å². The molecule has 4 bridgehead atoms. The maximum atomic E-state index is 14.7. The average Bonchev–Trinajstić information content (AvgIpc) is 3.53. The van der Waals surface area contributed by atoms with E-state index in [-0.39, 0.29) is 36.9 Å². The van der Waals surface area contributed by atoms with Crippen molar-refractivity contribution < 1.29 is 23.8 Å². The van der Waals surface area contributed by atoms with Gasteiger partial charge in [0.05, 0.1) is 37.4 Å². The Labute approximate surface area is 265 Å². The van der Waals surface area contributed by atoms with Gasteiger partial charge in [-0.05, 0) is 63.9 Å². The summed E-state index contributed by atoms with van der Waals surface area (Å²) in [5.41, 5.74) is 3.16. The molecule has 4 atom stereocenters. The third-order valence-corrected chi connectivity index (χ3v) is 9.78. The van der Waals surface area contributed by atoms with E-state index in [4.69, 9.17) is 14.2 Å². The summed E-state index contributed by atoms with van der Waals surface area (Å²) in [6.45, 7) is 8.61. The number of para-hydroxylation sites is 1. The second-order valence-corrected chi connectivity index (χ2v) is 13.8. The second-order valence-electron chi connectivity index (χ2n) is 13.8. The third kappa shape index (κ3) is 5.41. The molecule has 2 fully saturated rings. The Bertz CT molecular complexity index is 1640. The van der Waals surface area contributed by atoms with Gasteiger partial charge in [-0.3, -0.25) is 9.69 Å². The van der Waals surface area contributed by atoms with Crippen LogP contribution in [0.5, 0.6) is 0 Å². The molecule has 0 radical (unpaired) electrons. The molecule has 3 aliphatic rings. The zero-order chi connectivity index (χ0) is 31.2. The first-order valence-electron chi connectivity index (χ1n) is 16.2. The first-order chi connectivity index (χ1) is 21.8. The van der Waals surface area contributed by atoms with Crippen LogP contribution >= 0.6 is 0 Å². The number of ketones is 1. The summed E-state index contributed by atoms with van der Waals surface area (Å²) in [7, 11) is 0. The Hall–Kier alpha value is -3.78. The van der Waals surface area contributed by atoms with Crippen molar-refractivity contribution in [3.05, 3.63) is 107 Å². The van der Waals surface area contributed by atoms with Crippen molar-refractivity contribution in [3.63, 3.8) is 0 Å². The standard InChI is InChI=1S/C38H42N2O5/c1-37(2,3)45-36(42)40-31-17-11-10-16-28(31)32-33-29-18-20-39(33)21-19-30(34(29)41)38(35(32)40,24-43-22-26-12-6-4-7-13-26)25-44-23-27-14-8-5-9-15-27/h4-17,29-30,33H,18-25H2,1-3H3/t29?,30-,33?/m1/s1. The molecule has 0 spiro atoms. The number of Topliss-reactive ketones (excluding diaryl/α,β-unsaturated/α-hetero) is 1. The molecule has 7 nitrogen and oxygen atoms in total. The monoisotopic (exact) mass is 606 g/mol. The van der Waals surface area contributed by atoms with Gasteiger partial charge in [0.1, 0.15) is 11.4 Å². The molecule has 3 aromatic carbocycles. The number of hydrogen-bond acceptors (Lipinski definition) is 6. The summed E-state index contributed by atoms with van der Waals surface area (Å²) >= 11 is 0. The molecule has 1 aromatic heterocycles. The number of ether oxygens (including phenoxy) is 3. The molecule has 2 saturated heterocycles. The van der Waals surface area contributed by atoms with E-state index >= 15 is 0 Å². The molecule has 0 saturated carbocycles. The van der Waals surface area contributed by atoms with E-state index in [2.05, 4.69) is 11.0 Å². The molecule has 45 heavy (non-hydrogen) atoms. The Balaban J connectivity index is 1.43. The van der Waals surface area contributed by atoms with Crippen LogP contribution in [-0.4, -0.2) is 53.2 Å². The van der Waals surface area contributed by atoms with Gasteiger partial charge in [-0.25, -0.2) is 9.36 Å². The van der Waals surface area contributed by atoms with E-state index in [1.165, 1.54) is 0 Å². The van der Waals surface area contributed by atoms with Gasteiger partial charge >= 0.3 is 6.09 Å². The van der Waals surface area contributed by atoms with Gasteiger partial charge < -0.3 is 14.2 Å². The number of carbonyl (C=O) groups is 2. The van der Waals surface area contributed by atoms with E-state index in [1.807, 2.05) is 99.6 Å². The van der Waals surface area contributed by atoms with Crippen molar-refractivity contribution in [2.75, 3.05) is 26.3 Å². The highest BCUT2D eigenvalue weighted by molar-refractivity contribution is 5.98. The first kappa shape index (κ1) is 29.9. The minimum Gasteiger partial charge on any atom is -0.443 e. The molecule has 3 unspecified atom stereocenters. The van der Waals surface area contributed by atoms with Gasteiger partial charge in [0.2, 0.25) is 0 Å². The maximum absolute atomic E-state index is 14.7. The Morgan fingerprint density at radius 3 is 2.02 bits per heavy atom. The van der Waals surface area contributed by atoms with Gasteiger partial charge in [0.25, 0.3) is 0 Å². The average molecular weight is 607 g/mol. The zero-order valence-corrected chi connectivity index (χ0v) is 26.4. The Morgan fingerprint density at radius 2 is 1.40 bits per heavy atom. The van der Waals surface area contributed by atoms with Crippen molar-refractivity contribution in [3.8, 4) is 0 Å². The molecule has 3 heterocycles. The van der Waals surface area contributed by atoms with Crippen LogP contribution in [0.25, 0.3) is 10.9 Å². The lowest BCUT2D eigenvalue weighted by Gasteiger charge is -2.42. The fraction of sp³-hybridized carbons (Fsp3) is 0.421. The van der Waals surface area contributed by atoms with Crippen molar-refractivity contribution in [2.45, 2.75) is 63.9 Å². The summed E-state index contributed by atoms with van der Waals surface area (Å²) in [6, 6.07) is 28.1. The smallest absolute Gasteiger partial charge is 0.419 e. The molecule has 4 aromatic rings. The minimum atomic E-state index is -0.914. The largest absolute Gasteiger partial charge is 0.443 e. The summed E-state index contributed by atoms with van der Waals surface area (Å²) in [5.74, 6) is -0.254. The van der Waals surface area contributed by atoms with Crippen molar-refractivity contribution in [1.82, 2.24) is 9.47 Å². The molecule has 7 rings (SSSR count). The third-order valence-electron chi connectivity index (χ3n) is 9.78. The van der Waals surface area contributed by atoms with Crippen LogP contribution in [0.3, 0.4) is 0 Å². The normalized spacial score (nSPS) is 23.5. The molecule has 0 N–H and O–H groups in total. The van der Waals surface area contributed by atoms with Crippen LogP contribution in [0.1, 0.15) is 62.0 Å². The van der Waals surface area contributed by atoms with Crippen LogP contribution in [0.4, 0.5) is 4.79 Å². The Kier molecular flexibility index (Phi) is 7.88. The van der Waals surface area contributed by atoms with E-state index < -0.39 is 17.1 Å². The first-order valence-corrected chi connectivity index (χ1v) is 16.2. The molecular weight excluding hydrogens is 564 g/mol. The molecule has 2 aliphatic heterocycles. The predicted molar refractivity (Wildman–Crippen MR) is 173 cm³/mol. The fourth-order valence-corrected chi connectivity index (χ4v) is 7.98. The van der Waals surface area contributed by atoms with Crippen LogP contribution in [0.2, 0.25) is 0 Å². The van der Waals surface area contributed by atoms with E-state index in [0.29, 0.717) is 19.6 Å². The van der Waals surface area contributed by atoms with Crippen LogP contribution in [0.15, 0.2) is 84.9 Å². The predicted octanol–water partition coefficient (Wildman–Crippen LogP) is 7.06. The number of benzene rings is 3. The molecule has 7 heteroatoms. The SMILES string of the molecule is CC(C)(C)OC(=O)n1c2c(c3ccccc31)C1C3CCN1CC[C@H](C3=O)C2(COCc1ccccc1)COCc1ccccc1. The van der Waals surface area contributed by atoms with Crippen LogP contribution < -0.4 is 0 Å². The number of carbonyl (C=O) groups excluding carboxylic acids is 2. The summed E-state index contributed by atoms with van der Waals surface area (Å²) in [6.07, 6.45) is 1.06. The number of fused-ring (bicyclic) bond motifs is 4. The number of aromatic nitrogens is 1. The van der Waals surface area contributed by atoms with Crippen LogP contribution in [0, 0.1) is 11.8 Å². The number of nitrogens with zero attached hydrogens (tertiary/aromatic N) is 2.